The highest BCUT2D eigenvalue weighted by atomic mass is 32.2. The van der Waals surface area contributed by atoms with Gasteiger partial charge in [0.25, 0.3) is 0 Å². The van der Waals surface area contributed by atoms with Crippen molar-refractivity contribution in [3.63, 3.8) is 0 Å². The third kappa shape index (κ3) is 5.65. The smallest absolute Gasteiger partial charge is 0.101 e. The monoisotopic (exact) mass is 248 g/mol. The lowest BCUT2D eigenvalue weighted by Crippen LogP contribution is -2.03. The molecule has 0 aliphatic carbocycles. The molecule has 0 saturated heterocycles. The van der Waals surface area contributed by atoms with E-state index in [2.05, 4.69) is 17.6 Å². The molecule has 0 amide bonds. The number of benzene rings is 1. The van der Waals surface area contributed by atoms with Gasteiger partial charge in [-0.1, -0.05) is 25.0 Å². The first kappa shape index (κ1) is 13.9. The van der Waals surface area contributed by atoms with Gasteiger partial charge in [-0.05, 0) is 37.0 Å². The number of nitrogens with one attached hydrogen (secondary N) is 1. The zero-order valence-corrected chi connectivity index (χ0v) is 11.2. The van der Waals surface area contributed by atoms with Gasteiger partial charge in [0, 0.05) is 6.54 Å². The average molecular weight is 248 g/mol. The molecule has 0 atom stereocenters. The van der Waals surface area contributed by atoms with Crippen LogP contribution in [0.4, 0.5) is 5.69 Å². The summed E-state index contributed by atoms with van der Waals surface area (Å²) >= 11 is 1.92. The van der Waals surface area contributed by atoms with Gasteiger partial charge in [0.15, 0.2) is 0 Å². The van der Waals surface area contributed by atoms with Crippen LogP contribution in [0.25, 0.3) is 0 Å². The third-order valence-electron chi connectivity index (χ3n) is 2.64. The van der Waals surface area contributed by atoms with Gasteiger partial charge in [-0.15, -0.1) is 0 Å². The fraction of sp³-hybridized carbons (Fsp3) is 0.500. The number of hydrogen-bond donors (Lipinski definition) is 1. The summed E-state index contributed by atoms with van der Waals surface area (Å²) in [5.41, 5.74) is 1.69. The van der Waals surface area contributed by atoms with E-state index >= 15 is 0 Å². The van der Waals surface area contributed by atoms with Crippen LogP contribution in [0.3, 0.4) is 0 Å². The molecule has 0 saturated carbocycles. The fourth-order valence-electron chi connectivity index (χ4n) is 1.68. The molecule has 0 aromatic heterocycles. The maximum atomic E-state index is 8.93. The lowest BCUT2D eigenvalue weighted by molar-refractivity contribution is 0.689. The molecule has 0 bridgehead atoms. The Kier molecular flexibility index (Phi) is 7.33. The minimum Gasteiger partial charge on any atom is -0.384 e. The predicted molar refractivity (Wildman–Crippen MR) is 76.5 cm³/mol. The van der Waals surface area contributed by atoms with Gasteiger partial charge in [-0.25, -0.2) is 0 Å². The second kappa shape index (κ2) is 8.95. The molecule has 1 N–H and O–H groups in total. The van der Waals surface area contributed by atoms with Crippen molar-refractivity contribution in [3.05, 3.63) is 29.8 Å². The highest BCUT2D eigenvalue weighted by Crippen LogP contribution is 2.13. The molecule has 0 heterocycles. The van der Waals surface area contributed by atoms with Crippen LogP contribution in [0.2, 0.25) is 0 Å². The van der Waals surface area contributed by atoms with E-state index in [1.54, 1.807) is 0 Å². The van der Waals surface area contributed by atoms with Gasteiger partial charge in [0.1, 0.15) is 6.07 Å². The van der Waals surface area contributed by atoms with E-state index in [0.29, 0.717) is 0 Å². The Bertz CT molecular complexity index is 357. The highest BCUT2D eigenvalue weighted by molar-refractivity contribution is 7.98. The summed E-state index contributed by atoms with van der Waals surface area (Å²) in [6, 6.07) is 9.87. The second-order valence-electron chi connectivity index (χ2n) is 3.99. The van der Waals surface area contributed by atoms with Crippen LogP contribution >= 0.6 is 11.8 Å². The molecule has 1 aromatic carbocycles. The Morgan fingerprint density at radius 3 is 2.71 bits per heavy atom. The van der Waals surface area contributed by atoms with E-state index in [-0.39, 0.29) is 0 Å². The van der Waals surface area contributed by atoms with Crippen molar-refractivity contribution in [1.82, 2.24) is 0 Å². The van der Waals surface area contributed by atoms with Crippen LogP contribution in [-0.4, -0.2) is 18.6 Å². The van der Waals surface area contributed by atoms with Gasteiger partial charge < -0.3 is 5.32 Å². The highest BCUT2D eigenvalue weighted by Gasteiger charge is 1.98. The van der Waals surface area contributed by atoms with Gasteiger partial charge in [0.05, 0.1) is 11.3 Å². The molecular weight excluding hydrogens is 228 g/mol. The SMILES string of the molecule is CSCCCCCCNc1ccccc1C#N. The summed E-state index contributed by atoms with van der Waals surface area (Å²) in [4.78, 5) is 0. The molecular formula is C14H20N2S. The van der Waals surface area contributed by atoms with Crippen molar-refractivity contribution >= 4 is 17.4 Å². The van der Waals surface area contributed by atoms with Crippen molar-refractivity contribution in [1.29, 1.82) is 5.26 Å². The topological polar surface area (TPSA) is 35.8 Å². The van der Waals surface area contributed by atoms with Crippen LogP contribution in [0.15, 0.2) is 24.3 Å². The summed E-state index contributed by atoms with van der Waals surface area (Å²) in [7, 11) is 0. The molecule has 1 aromatic rings. The maximum absolute atomic E-state index is 8.93. The van der Waals surface area contributed by atoms with Gasteiger partial charge in [-0.2, -0.15) is 17.0 Å². The normalized spacial score (nSPS) is 9.88. The Morgan fingerprint density at radius 1 is 1.18 bits per heavy atom. The molecule has 0 aliphatic heterocycles. The number of para-hydroxylation sites is 1. The minimum atomic E-state index is 0.731. The van der Waals surface area contributed by atoms with E-state index < -0.39 is 0 Å². The summed E-state index contributed by atoms with van der Waals surface area (Å²) in [5.74, 6) is 1.27. The average Bonchev–Trinajstić information content (AvgIpc) is 2.38. The molecule has 0 fully saturated rings. The lowest BCUT2D eigenvalue weighted by Gasteiger charge is -2.07. The van der Waals surface area contributed by atoms with Gasteiger partial charge >= 0.3 is 0 Å². The van der Waals surface area contributed by atoms with Crippen LogP contribution in [0, 0.1) is 11.3 Å². The molecule has 0 radical (unpaired) electrons. The van der Waals surface area contributed by atoms with E-state index in [4.69, 9.17) is 5.26 Å². The van der Waals surface area contributed by atoms with Crippen molar-refractivity contribution in [2.45, 2.75) is 25.7 Å². The molecule has 0 aliphatic rings. The lowest BCUT2D eigenvalue weighted by atomic mass is 10.1. The van der Waals surface area contributed by atoms with E-state index in [1.807, 2.05) is 36.0 Å². The van der Waals surface area contributed by atoms with Gasteiger partial charge in [0.2, 0.25) is 0 Å². The number of rotatable bonds is 8. The molecule has 1 rings (SSSR count). The first-order valence-electron chi connectivity index (χ1n) is 6.10. The van der Waals surface area contributed by atoms with Crippen LogP contribution < -0.4 is 5.32 Å². The Morgan fingerprint density at radius 2 is 1.94 bits per heavy atom. The fourth-order valence-corrected chi connectivity index (χ4v) is 2.18. The number of unbranched alkanes of at least 4 members (excludes halogenated alkanes) is 3. The van der Waals surface area contributed by atoms with E-state index in [9.17, 15) is 0 Å². The molecule has 3 heteroatoms. The summed E-state index contributed by atoms with van der Waals surface area (Å²) < 4.78 is 0. The maximum Gasteiger partial charge on any atom is 0.101 e. The number of nitriles is 1. The number of hydrogen-bond acceptors (Lipinski definition) is 3. The second-order valence-corrected chi connectivity index (χ2v) is 4.98. The number of thioether (sulfide) groups is 1. The van der Waals surface area contributed by atoms with Crippen molar-refractivity contribution in [3.8, 4) is 6.07 Å². The minimum absolute atomic E-state index is 0.731. The largest absolute Gasteiger partial charge is 0.384 e. The zero-order chi connectivity index (χ0) is 12.3. The van der Waals surface area contributed by atoms with E-state index in [0.717, 1.165) is 17.8 Å². The van der Waals surface area contributed by atoms with Crippen LogP contribution in [0.1, 0.15) is 31.2 Å². The molecule has 2 nitrogen and oxygen atoms in total. The van der Waals surface area contributed by atoms with E-state index in [1.165, 1.54) is 31.4 Å². The quantitative estimate of drug-likeness (QED) is 0.709. The summed E-state index contributed by atoms with van der Waals surface area (Å²) in [6.07, 6.45) is 7.22. The Labute approximate surface area is 108 Å². The van der Waals surface area contributed by atoms with Crippen molar-refractivity contribution in [2.75, 3.05) is 23.9 Å². The predicted octanol–water partition coefficient (Wildman–Crippen LogP) is 3.89. The number of nitrogens with zero attached hydrogens (tertiary/aromatic N) is 1. The van der Waals surface area contributed by atoms with Crippen molar-refractivity contribution in [2.24, 2.45) is 0 Å². The van der Waals surface area contributed by atoms with Crippen LogP contribution in [-0.2, 0) is 0 Å². The Hall–Kier alpha value is -1.14. The zero-order valence-electron chi connectivity index (χ0n) is 10.4. The first-order chi connectivity index (χ1) is 8.38. The first-order valence-corrected chi connectivity index (χ1v) is 7.50. The van der Waals surface area contributed by atoms with Crippen LogP contribution in [0.5, 0.6) is 0 Å². The van der Waals surface area contributed by atoms with Gasteiger partial charge in [-0.3, -0.25) is 0 Å². The molecule has 0 unspecified atom stereocenters. The summed E-state index contributed by atoms with van der Waals surface area (Å²) in [5, 5.41) is 12.3. The Balaban J connectivity index is 2.16. The summed E-state index contributed by atoms with van der Waals surface area (Å²) in [6.45, 7) is 0.956. The standard InChI is InChI=1S/C14H20N2S/c1-17-11-7-3-2-6-10-16-14-9-5-4-8-13(14)12-15/h4-5,8-9,16H,2-3,6-7,10-11H2,1H3. The van der Waals surface area contributed by atoms with Crippen molar-refractivity contribution < 1.29 is 0 Å². The number of anilines is 1. The third-order valence-corrected chi connectivity index (χ3v) is 3.34. The molecule has 17 heavy (non-hydrogen) atoms. The molecule has 0 spiro atoms. The molecule has 92 valence electrons.